The molecule has 90 valence electrons. The molecule has 0 aliphatic heterocycles. The fourth-order valence-corrected chi connectivity index (χ4v) is 1.23. The van der Waals surface area contributed by atoms with Crippen LogP contribution in [0.4, 0.5) is 5.69 Å². The largest absolute Gasteiger partial charge is 0.327 e. The van der Waals surface area contributed by atoms with E-state index < -0.39 is 0 Å². The van der Waals surface area contributed by atoms with Crippen LogP contribution in [0.1, 0.15) is 13.8 Å². The van der Waals surface area contributed by atoms with E-state index in [0.29, 0.717) is 10.7 Å². The van der Waals surface area contributed by atoms with E-state index >= 15 is 0 Å². The smallest absolute Gasteiger partial charge is 0.228 e. The zero-order valence-corrected chi connectivity index (χ0v) is 10.8. The van der Waals surface area contributed by atoms with E-state index in [2.05, 4.69) is 5.32 Å². The fourth-order valence-electron chi connectivity index (χ4n) is 1.05. The number of benzene rings is 1. The molecule has 0 saturated carbocycles. The van der Waals surface area contributed by atoms with Crippen LogP contribution in [0, 0.1) is 5.92 Å². The molecule has 3 N–H and O–H groups in total. The van der Waals surface area contributed by atoms with Gasteiger partial charge in [-0.15, -0.1) is 12.4 Å². The average molecular weight is 263 g/mol. The van der Waals surface area contributed by atoms with Crippen LogP contribution in [0.5, 0.6) is 0 Å². The van der Waals surface area contributed by atoms with Gasteiger partial charge in [-0.3, -0.25) is 4.79 Å². The van der Waals surface area contributed by atoms with Crippen molar-refractivity contribution >= 4 is 35.6 Å². The van der Waals surface area contributed by atoms with Crippen LogP contribution < -0.4 is 11.1 Å². The van der Waals surface area contributed by atoms with Crippen molar-refractivity contribution in [3.8, 4) is 0 Å². The molecule has 0 fully saturated rings. The number of anilines is 1. The molecule has 1 amide bonds. The van der Waals surface area contributed by atoms with Crippen molar-refractivity contribution in [3.63, 3.8) is 0 Å². The second-order valence-corrected chi connectivity index (χ2v) is 4.02. The first-order valence-electron chi connectivity index (χ1n) is 4.83. The fraction of sp³-hybridized carbons (Fsp3) is 0.364. The predicted molar refractivity (Wildman–Crippen MR) is 70.1 cm³/mol. The van der Waals surface area contributed by atoms with Crippen molar-refractivity contribution in [2.24, 2.45) is 11.7 Å². The van der Waals surface area contributed by atoms with Crippen LogP contribution in [0.2, 0.25) is 5.02 Å². The second-order valence-electron chi connectivity index (χ2n) is 3.62. The molecular formula is C11H16Cl2N2O. The summed E-state index contributed by atoms with van der Waals surface area (Å²) in [6.45, 7) is 3.59. The van der Waals surface area contributed by atoms with Gasteiger partial charge in [-0.2, -0.15) is 0 Å². The number of para-hydroxylation sites is 1. The molecule has 0 spiro atoms. The molecule has 0 heterocycles. The molecule has 0 saturated heterocycles. The van der Waals surface area contributed by atoms with Gasteiger partial charge in [-0.25, -0.2) is 0 Å². The molecule has 3 nitrogen and oxygen atoms in total. The van der Waals surface area contributed by atoms with Crippen molar-refractivity contribution in [1.82, 2.24) is 0 Å². The van der Waals surface area contributed by atoms with Gasteiger partial charge in [0.1, 0.15) is 0 Å². The van der Waals surface area contributed by atoms with E-state index in [0.717, 1.165) is 0 Å². The molecule has 16 heavy (non-hydrogen) atoms. The Kier molecular flexibility index (Phi) is 6.41. The Labute approximate surface area is 107 Å². The van der Waals surface area contributed by atoms with Gasteiger partial charge in [0.2, 0.25) is 5.91 Å². The van der Waals surface area contributed by atoms with Crippen LogP contribution >= 0.6 is 24.0 Å². The first kappa shape index (κ1) is 15.2. The summed E-state index contributed by atoms with van der Waals surface area (Å²) >= 11 is 5.91. The van der Waals surface area contributed by atoms with Gasteiger partial charge in [0.05, 0.1) is 16.6 Å². The molecule has 5 heteroatoms. The van der Waals surface area contributed by atoms with Crippen molar-refractivity contribution in [2.45, 2.75) is 19.9 Å². The van der Waals surface area contributed by atoms with Gasteiger partial charge >= 0.3 is 0 Å². The Balaban J connectivity index is 0.00000225. The van der Waals surface area contributed by atoms with Crippen molar-refractivity contribution in [3.05, 3.63) is 29.3 Å². The summed E-state index contributed by atoms with van der Waals surface area (Å²) in [6, 6.07) is 6.94. The SMILES string of the molecule is CC(N)C(C)C(=O)Nc1ccccc1Cl.Cl. The van der Waals surface area contributed by atoms with Crippen LogP contribution in [-0.4, -0.2) is 11.9 Å². The van der Waals surface area contributed by atoms with Gasteiger partial charge < -0.3 is 11.1 Å². The van der Waals surface area contributed by atoms with E-state index in [1.165, 1.54) is 0 Å². The molecule has 0 bridgehead atoms. The van der Waals surface area contributed by atoms with E-state index in [-0.39, 0.29) is 30.3 Å². The van der Waals surface area contributed by atoms with E-state index in [1.54, 1.807) is 26.0 Å². The Bertz CT molecular complexity index is 356. The maximum atomic E-state index is 11.7. The van der Waals surface area contributed by atoms with Crippen LogP contribution in [-0.2, 0) is 4.79 Å². The van der Waals surface area contributed by atoms with Gasteiger partial charge in [0, 0.05) is 6.04 Å². The number of carbonyl (C=O) groups excluding carboxylic acids is 1. The number of nitrogens with two attached hydrogens (primary N) is 1. The highest BCUT2D eigenvalue weighted by molar-refractivity contribution is 6.33. The number of nitrogens with one attached hydrogen (secondary N) is 1. The first-order chi connectivity index (χ1) is 7.02. The van der Waals surface area contributed by atoms with Gasteiger partial charge in [-0.1, -0.05) is 30.7 Å². The Morgan fingerprint density at radius 1 is 1.38 bits per heavy atom. The highest BCUT2D eigenvalue weighted by atomic mass is 35.5. The van der Waals surface area contributed by atoms with E-state index in [1.807, 2.05) is 12.1 Å². The monoisotopic (exact) mass is 262 g/mol. The Morgan fingerprint density at radius 3 is 2.44 bits per heavy atom. The van der Waals surface area contributed by atoms with E-state index in [9.17, 15) is 4.79 Å². The molecule has 1 aromatic carbocycles. The van der Waals surface area contributed by atoms with Crippen LogP contribution in [0.25, 0.3) is 0 Å². The molecule has 0 aliphatic carbocycles. The summed E-state index contributed by atoms with van der Waals surface area (Å²) in [5, 5.41) is 3.27. The van der Waals surface area contributed by atoms with Crippen molar-refractivity contribution in [2.75, 3.05) is 5.32 Å². The highest BCUT2D eigenvalue weighted by Gasteiger charge is 2.17. The summed E-state index contributed by atoms with van der Waals surface area (Å²) in [7, 11) is 0. The molecule has 2 atom stereocenters. The van der Waals surface area contributed by atoms with Crippen molar-refractivity contribution in [1.29, 1.82) is 0 Å². The summed E-state index contributed by atoms with van der Waals surface area (Å²) in [6.07, 6.45) is 0. The third-order valence-corrected chi connectivity index (χ3v) is 2.66. The number of amides is 1. The van der Waals surface area contributed by atoms with Gasteiger partial charge in [0.25, 0.3) is 0 Å². The van der Waals surface area contributed by atoms with E-state index in [4.69, 9.17) is 17.3 Å². The normalized spacial score (nSPS) is 13.5. The lowest BCUT2D eigenvalue weighted by Gasteiger charge is -2.15. The second kappa shape index (κ2) is 6.74. The summed E-state index contributed by atoms with van der Waals surface area (Å²) in [4.78, 5) is 11.7. The van der Waals surface area contributed by atoms with Crippen molar-refractivity contribution < 1.29 is 4.79 Å². The summed E-state index contributed by atoms with van der Waals surface area (Å²) < 4.78 is 0. The quantitative estimate of drug-likeness (QED) is 0.880. The summed E-state index contributed by atoms with van der Waals surface area (Å²) in [5.41, 5.74) is 6.26. The van der Waals surface area contributed by atoms with Gasteiger partial charge in [0.15, 0.2) is 0 Å². The Hall–Kier alpha value is -0.770. The topological polar surface area (TPSA) is 55.1 Å². The third-order valence-electron chi connectivity index (χ3n) is 2.33. The minimum absolute atomic E-state index is 0. The minimum Gasteiger partial charge on any atom is -0.327 e. The molecule has 0 aliphatic rings. The average Bonchev–Trinajstić information content (AvgIpc) is 2.20. The molecule has 0 radical (unpaired) electrons. The maximum Gasteiger partial charge on any atom is 0.228 e. The first-order valence-corrected chi connectivity index (χ1v) is 5.21. The number of carbonyl (C=O) groups is 1. The molecule has 0 aromatic heterocycles. The number of rotatable bonds is 3. The summed E-state index contributed by atoms with van der Waals surface area (Å²) in [5.74, 6) is -0.348. The lowest BCUT2D eigenvalue weighted by molar-refractivity contribution is -0.119. The zero-order chi connectivity index (χ0) is 11.4. The Morgan fingerprint density at radius 2 is 1.94 bits per heavy atom. The number of hydrogen-bond donors (Lipinski definition) is 2. The zero-order valence-electron chi connectivity index (χ0n) is 9.24. The molecule has 2 unspecified atom stereocenters. The lowest BCUT2D eigenvalue weighted by atomic mass is 10.0. The predicted octanol–water partition coefficient (Wildman–Crippen LogP) is 2.68. The highest BCUT2D eigenvalue weighted by Crippen LogP contribution is 2.21. The van der Waals surface area contributed by atoms with Crippen LogP contribution in [0.15, 0.2) is 24.3 Å². The minimum atomic E-state index is -0.235. The number of halogens is 2. The maximum absolute atomic E-state index is 11.7. The molecule has 1 rings (SSSR count). The lowest BCUT2D eigenvalue weighted by Crippen LogP contribution is -2.34. The standard InChI is InChI=1S/C11H15ClN2O.ClH/c1-7(8(2)13)11(15)14-10-6-4-3-5-9(10)12;/h3-8H,13H2,1-2H3,(H,14,15);1H. The molecule has 1 aromatic rings. The molecular weight excluding hydrogens is 247 g/mol. The van der Waals surface area contributed by atoms with Gasteiger partial charge in [-0.05, 0) is 19.1 Å². The third kappa shape index (κ3) is 4.00. The van der Waals surface area contributed by atoms with Crippen LogP contribution in [0.3, 0.4) is 0 Å². The number of hydrogen-bond acceptors (Lipinski definition) is 2.